The van der Waals surface area contributed by atoms with Crippen molar-refractivity contribution in [1.29, 1.82) is 0 Å². The van der Waals surface area contributed by atoms with Crippen LogP contribution < -0.4 is 10.2 Å². The van der Waals surface area contributed by atoms with Crippen LogP contribution in [0.3, 0.4) is 0 Å². The maximum atomic E-state index is 14.5. The van der Waals surface area contributed by atoms with E-state index in [-0.39, 0.29) is 17.6 Å². The maximum absolute atomic E-state index is 14.5. The first-order valence-corrected chi connectivity index (χ1v) is 12.0. The van der Waals surface area contributed by atoms with E-state index in [2.05, 4.69) is 5.32 Å². The average Bonchev–Trinajstić information content (AvgIpc) is 3.65. The Balaban J connectivity index is 1.70. The van der Waals surface area contributed by atoms with E-state index in [1.165, 1.54) is 0 Å². The first-order valence-electron chi connectivity index (χ1n) is 12.0. The van der Waals surface area contributed by atoms with Gasteiger partial charge in [0.1, 0.15) is 29.3 Å². The van der Waals surface area contributed by atoms with Crippen LogP contribution in [0, 0.1) is 11.6 Å². The van der Waals surface area contributed by atoms with Crippen molar-refractivity contribution in [3.63, 3.8) is 0 Å². The van der Waals surface area contributed by atoms with Crippen molar-refractivity contribution in [1.82, 2.24) is 5.32 Å². The Labute approximate surface area is 214 Å². The Morgan fingerprint density at radius 3 is 2.14 bits per heavy atom. The van der Waals surface area contributed by atoms with E-state index in [4.69, 9.17) is 4.74 Å². The molecular weight excluding hydrogens is 478 g/mol. The topological polar surface area (TPSA) is 75.7 Å². The third kappa shape index (κ3) is 6.58. The van der Waals surface area contributed by atoms with Gasteiger partial charge in [-0.1, -0.05) is 30.3 Å². The van der Waals surface area contributed by atoms with E-state index in [0.29, 0.717) is 16.7 Å². The lowest BCUT2D eigenvalue weighted by molar-refractivity contribution is -0.152. The number of amides is 2. The number of nitrogens with zero attached hydrogens (tertiary/aromatic N) is 1. The molecule has 192 valence electrons. The van der Waals surface area contributed by atoms with Gasteiger partial charge in [-0.25, -0.2) is 8.78 Å². The fourth-order valence-electron chi connectivity index (χ4n) is 3.81. The SMILES string of the molecule is CC(C)(C)OC(=O)CN(C(=O)c1c(F)cccc1F)c1cccc(-c2cccc(C(=O)NC3CC3)c2)c1. The zero-order valence-electron chi connectivity index (χ0n) is 20.9. The minimum Gasteiger partial charge on any atom is -0.459 e. The Morgan fingerprint density at radius 1 is 0.919 bits per heavy atom. The van der Waals surface area contributed by atoms with Gasteiger partial charge in [-0.2, -0.15) is 0 Å². The molecule has 8 heteroatoms. The highest BCUT2D eigenvalue weighted by atomic mass is 19.1. The molecule has 1 fully saturated rings. The molecule has 0 heterocycles. The zero-order valence-corrected chi connectivity index (χ0v) is 20.9. The number of nitrogens with one attached hydrogen (secondary N) is 1. The highest BCUT2D eigenvalue weighted by molar-refractivity contribution is 6.09. The van der Waals surface area contributed by atoms with E-state index in [0.717, 1.165) is 35.9 Å². The Bertz CT molecular complexity index is 1330. The standard InChI is InChI=1S/C29H28F2N2O4/c1-29(2,3)37-25(34)17-33(28(36)26-23(30)11-6-12-24(26)31)22-10-5-8-19(16-22)18-7-4-9-20(15-18)27(35)32-21-13-14-21/h4-12,15-16,21H,13-14,17H2,1-3H3,(H,32,35). The summed E-state index contributed by atoms with van der Waals surface area (Å²) in [5.74, 6) is -4.00. The van der Waals surface area contributed by atoms with Crippen molar-refractivity contribution >= 4 is 23.5 Å². The molecule has 0 unspecified atom stereocenters. The molecule has 3 aromatic carbocycles. The van der Waals surface area contributed by atoms with Gasteiger partial charge in [-0.3, -0.25) is 19.3 Å². The molecule has 37 heavy (non-hydrogen) atoms. The van der Waals surface area contributed by atoms with Crippen LogP contribution in [0.5, 0.6) is 0 Å². The van der Waals surface area contributed by atoms with Gasteiger partial charge in [0, 0.05) is 17.3 Å². The minimum absolute atomic E-state index is 0.169. The lowest BCUT2D eigenvalue weighted by atomic mass is 10.0. The number of carbonyl (C=O) groups is 3. The molecule has 1 aliphatic rings. The summed E-state index contributed by atoms with van der Waals surface area (Å²) < 4.78 is 34.4. The molecule has 0 spiro atoms. The number of hydrogen-bond donors (Lipinski definition) is 1. The van der Waals surface area contributed by atoms with Crippen LogP contribution in [0.1, 0.15) is 54.3 Å². The molecule has 0 atom stereocenters. The highest BCUT2D eigenvalue weighted by Crippen LogP contribution is 2.28. The van der Waals surface area contributed by atoms with Crippen LogP contribution in [0.2, 0.25) is 0 Å². The van der Waals surface area contributed by atoms with Crippen molar-refractivity contribution < 1.29 is 27.9 Å². The van der Waals surface area contributed by atoms with Gasteiger partial charge in [0.05, 0.1) is 0 Å². The Kier molecular flexibility index (Phi) is 7.38. The van der Waals surface area contributed by atoms with Crippen LogP contribution >= 0.6 is 0 Å². The number of ether oxygens (including phenoxy) is 1. The lowest BCUT2D eigenvalue weighted by Crippen LogP contribution is -2.39. The number of esters is 1. The van der Waals surface area contributed by atoms with E-state index >= 15 is 0 Å². The Hall–Kier alpha value is -4.07. The fraction of sp³-hybridized carbons (Fsp3) is 0.276. The first kappa shape index (κ1) is 26.0. The van der Waals surface area contributed by atoms with Crippen LogP contribution in [0.25, 0.3) is 11.1 Å². The molecule has 0 radical (unpaired) electrons. The molecular formula is C29H28F2N2O4. The van der Waals surface area contributed by atoms with Crippen molar-refractivity contribution in [2.45, 2.75) is 45.3 Å². The molecule has 2 amide bonds. The monoisotopic (exact) mass is 506 g/mol. The highest BCUT2D eigenvalue weighted by Gasteiger charge is 2.29. The van der Waals surface area contributed by atoms with Gasteiger partial charge in [-0.05, 0) is 81.1 Å². The summed E-state index contributed by atoms with van der Waals surface area (Å²) >= 11 is 0. The number of rotatable bonds is 7. The van der Waals surface area contributed by atoms with Gasteiger partial charge >= 0.3 is 5.97 Å². The van der Waals surface area contributed by atoms with Crippen LogP contribution in [-0.4, -0.2) is 36.0 Å². The molecule has 1 aliphatic carbocycles. The second-order valence-electron chi connectivity index (χ2n) is 9.95. The predicted molar refractivity (Wildman–Crippen MR) is 136 cm³/mol. The maximum Gasteiger partial charge on any atom is 0.326 e. The molecule has 1 saturated carbocycles. The molecule has 0 bridgehead atoms. The summed E-state index contributed by atoms with van der Waals surface area (Å²) in [6.45, 7) is 4.49. The van der Waals surface area contributed by atoms with E-state index in [9.17, 15) is 23.2 Å². The summed E-state index contributed by atoms with van der Waals surface area (Å²) in [5, 5.41) is 2.95. The number of hydrogen-bond acceptors (Lipinski definition) is 4. The number of carbonyl (C=O) groups excluding carboxylic acids is 3. The predicted octanol–water partition coefficient (Wildman–Crippen LogP) is 5.51. The second kappa shape index (κ2) is 10.5. The van der Waals surface area contributed by atoms with Crippen molar-refractivity contribution in [2.24, 2.45) is 0 Å². The second-order valence-corrected chi connectivity index (χ2v) is 9.95. The molecule has 0 aliphatic heterocycles. The van der Waals surface area contributed by atoms with Crippen LogP contribution in [-0.2, 0) is 9.53 Å². The molecule has 4 rings (SSSR count). The van der Waals surface area contributed by atoms with Gasteiger partial charge in [0.25, 0.3) is 11.8 Å². The molecule has 6 nitrogen and oxygen atoms in total. The third-order valence-corrected chi connectivity index (χ3v) is 5.66. The lowest BCUT2D eigenvalue weighted by Gasteiger charge is -2.26. The summed E-state index contributed by atoms with van der Waals surface area (Å²) in [5.41, 5.74) is 0.490. The molecule has 1 N–H and O–H groups in total. The van der Waals surface area contributed by atoms with Gasteiger partial charge in [0.2, 0.25) is 0 Å². The third-order valence-electron chi connectivity index (χ3n) is 5.66. The van der Waals surface area contributed by atoms with Crippen molar-refractivity contribution in [2.75, 3.05) is 11.4 Å². The van der Waals surface area contributed by atoms with E-state index in [1.54, 1.807) is 63.2 Å². The zero-order chi connectivity index (χ0) is 26.7. The summed E-state index contributed by atoms with van der Waals surface area (Å²) in [4.78, 5) is 39.5. The van der Waals surface area contributed by atoms with Crippen molar-refractivity contribution in [3.8, 4) is 11.1 Å². The summed E-state index contributed by atoms with van der Waals surface area (Å²) in [6.07, 6.45) is 1.94. The average molecular weight is 507 g/mol. The molecule has 0 aromatic heterocycles. The molecule has 0 saturated heterocycles. The normalized spacial score (nSPS) is 13.1. The molecule has 3 aromatic rings. The summed E-state index contributed by atoms with van der Waals surface area (Å²) in [6, 6.07) is 17.0. The minimum atomic E-state index is -1.04. The van der Waals surface area contributed by atoms with Crippen LogP contribution in [0.15, 0.2) is 66.7 Å². The van der Waals surface area contributed by atoms with Crippen LogP contribution in [0.4, 0.5) is 14.5 Å². The van der Waals surface area contributed by atoms with Crippen molar-refractivity contribution in [3.05, 3.63) is 89.5 Å². The quantitative estimate of drug-likeness (QED) is 0.429. The van der Waals surface area contributed by atoms with Gasteiger partial charge in [-0.15, -0.1) is 0 Å². The van der Waals surface area contributed by atoms with Gasteiger partial charge < -0.3 is 10.1 Å². The first-order chi connectivity index (χ1) is 17.5. The number of anilines is 1. The largest absolute Gasteiger partial charge is 0.459 e. The number of benzene rings is 3. The smallest absolute Gasteiger partial charge is 0.326 e. The van der Waals surface area contributed by atoms with E-state index < -0.39 is 41.2 Å². The van der Waals surface area contributed by atoms with E-state index in [1.807, 2.05) is 6.07 Å². The Morgan fingerprint density at radius 2 is 1.51 bits per heavy atom. The van der Waals surface area contributed by atoms with Gasteiger partial charge in [0.15, 0.2) is 0 Å². The number of halogens is 2. The summed E-state index contributed by atoms with van der Waals surface area (Å²) in [7, 11) is 0. The fourth-order valence-corrected chi connectivity index (χ4v) is 3.81.